The van der Waals surface area contributed by atoms with Crippen molar-refractivity contribution in [2.24, 2.45) is 0 Å². The van der Waals surface area contributed by atoms with E-state index >= 15 is 0 Å². The van der Waals surface area contributed by atoms with Crippen LogP contribution >= 0.6 is 0 Å². The van der Waals surface area contributed by atoms with Gasteiger partial charge in [-0.05, 0) is 13.8 Å². The Morgan fingerprint density at radius 1 is 0.760 bits per heavy atom. The van der Waals surface area contributed by atoms with Crippen molar-refractivity contribution in [3.8, 4) is 0 Å². The molecule has 0 spiro atoms. The Hall–Kier alpha value is -3.56. The average molecular weight is 354 g/mol. The van der Waals surface area contributed by atoms with Gasteiger partial charge in [-0.1, -0.05) is 6.08 Å². The highest BCUT2D eigenvalue weighted by Crippen LogP contribution is 1.98. The van der Waals surface area contributed by atoms with Crippen molar-refractivity contribution in [1.82, 2.24) is 0 Å². The average Bonchev–Trinajstić information content (AvgIpc) is 2.46. The molecule has 0 aromatic carbocycles. The molecule has 25 heavy (non-hydrogen) atoms. The van der Waals surface area contributed by atoms with Crippen LogP contribution in [0.5, 0.6) is 0 Å². The largest absolute Gasteiger partial charge is 0.478 e. The summed E-state index contributed by atoms with van der Waals surface area (Å²) in [6.45, 7) is 2.25. The topological polar surface area (TPSA) is 161 Å². The van der Waals surface area contributed by atoms with Gasteiger partial charge in [-0.25, -0.2) is 24.0 Å². The van der Waals surface area contributed by atoms with Gasteiger partial charge in [0.25, 0.3) is 0 Å². The number of carboxylic acid groups (broad SMARTS) is 2. The van der Waals surface area contributed by atoms with E-state index < -0.39 is 42.2 Å². The van der Waals surface area contributed by atoms with Gasteiger partial charge in [-0.15, -0.1) is 0 Å². The van der Waals surface area contributed by atoms with Crippen molar-refractivity contribution in [3.05, 3.63) is 35.5 Å². The summed E-state index contributed by atoms with van der Waals surface area (Å²) >= 11 is 0. The van der Waals surface area contributed by atoms with Gasteiger partial charge in [-0.2, -0.15) is 0 Å². The van der Waals surface area contributed by atoms with Crippen LogP contribution in [0.4, 0.5) is 0 Å². The van der Waals surface area contributed by atoms with Crippen LogP contribution in [-0.4, -0.2) is 46.0 Å². The lowest BCUT2D eigenvalue weighted by Crippen LogP contribution is -2.12. The summed E-state index contributed by atoms with van der Waals surface area (Å²) in [6, 6.07) is 0. The van der Waals surface area contributed by atoms with Crippen LogP contribution in [0.25, 0.3) is 0 Å². The number of aliphatic carboxylic acids is 2. The zero-order valence-corrected chi connectivity index (χ0v) is 13.2. The lowest BCUT2D eigenvalue weighted by atomic mass is 10.3. The minimum atomic E-state index is -1.36. The lowest BCUT2D eigenvalue weighted by Gasteiger charge is -1.98. The van der Waals surface area contributed by atoms with E-state index in [1.165, 1.54) is 0 Å². The van der Waals surface area contributed by atoms with Crippen molar-refractivity contribution in [3.63, 3.8) is 0 Å². The SMILES string of the molecule is C/C(=C/C(=O)OC(=O)/C=C/CC(=O)OC(=O)/C=C(/C)C(=O)O)C(=O)O. The van der Waals surface area contributed by atoms with Gasteiger partial charge in [0.1, 0.15) is 0 Å². The normalized spacial score (nSPS) is 11.8. The molecule has 0 aliphatic rings. The Kier molecular flexibility index (Phi) is 8.80. The molecular formula is C15H14O10. The minimum absolute atomic E-state index is 0.333. The molecule has 0 aromatic heterocycles. The minimum Gasteiger partial charge on any atom is -0.478 e. The molecule has 0 bridgehead atoms. The van der Waals surface area contributed by atoms with Crippen molar-refractivity contribution in [2.75, 3.05) is 0 Å². The molecule has 0 amide bonds. The van der Waals surface area contributed by atoms with E-state index in [1.807, 2.05) is 0 Å². The maximum absolute atomic E-state index is 11.3. The second kappa shape index (κ2) is 10.3. The van der Waals surface area contributed by atoms with Gasteiger partial charge >= 0.3 is 35.8 Å². The van der Waals surface area contributed by atoms with Crippen LogP contribution in [0, 0.1) is 0 Å². The molecule has 10 nitrogen and oxygen atoms in total. The van der Waals surface area contributed by atoms with E-state index in [-0.39, 0.29) is 11.1 Å². The quantitative estimate of drug-likeness (QED) is 0.365. The molecule has 0 aliphatic heterocycles. The number of carbonyl (C=O) groups excluding carboxylic acids is 4. The first-order chi connectivity index (χ1) is 11.5. The molecular weight excluding hydrogens is 340 g/mol. The number of hydrogen-bond acceptors (Lipinski definition) is 8. The standard InChI is InChI=1S/C15H14O10/c1-8(14(20)21)6-12(18)24-10(16)4-3-5-11(17)25-13(19)7-9(2)15(22)23/h3-4,6-7H,5H2,1-2H3,(H,20,21)(H,22,23)/b4-3+,8-6-,9-7-. The van der Waals surface area contributed by atoms with Crippen molar-refractivity contribution < 1.29 is 48.5 Å². The Morgan fingerprint density at radius 2 is 1.20 bits per heavy atom. The molecule has 0 atom stereocenters. The van der Waals surface area contributed by atoms with Crippen LogP contribution < -0.4 is 0 Å². The number of carbonyl (C=O) groups is 6. The Labute approximate surface area is 141 Å². The maximum atomic E-state index is 11.3. The van der Waals surface area contributed by atoms with Gasteiger partial charge in [0.05, 0.1) is 6.42 Å². The molecule has 0 aliphatic carbocycles. The van der Waals surface area contributed by atoms with E-state index in [4.69, 9.17) is 10.2 Å². The fourth-order valence-corrected chi connectivity index (χ4v) is 1.07. The number of rotatable bonds is 7. The fraction of sp³-hybridized carbons (Fsp3) is 0.200. The van der Waals surface area contributed by atoms with Gasteiger partial charge < -0.3 is 19.7 Å². The second-order valence-electron chi connectivity index (χ2n) is 4.40. The Morgan fingerprint density at radius 3 is 1.64 bits per heavy atom. The summed E-state index contributed by atoms with van der Waals surface area (Å²) in [4.78, 5) is 65.8. The highest BCUT2D eigenvalue weighted by Gasteiger charge is 2.11. The molecule has 0 radical (unpaired) electrons. The third-order valence-electron chi connectivity index (χ3n) is 2.30. The van der Waals surface area contributed by atoms with Crippen molar-refractivity contribution in [2.45, 2.75) is 20.3 Å². The molecule has 0 rings (SSSR count). The molecule has 0 aromatic rings. The number of ether oxygens (including phenoxy) is 2. The molecule has 2 N–H and O–H groups in total. The lowest BCUT2D eigenvalue weighted by molar-refractivity contribution is -0.156. The maximum Gasteiger partial charge on any atom is 0.339 e. The highest BCUT2D eigenvalue weighted by atomic mass is 16.6. The molecule has 0 heterocycles. The summed E-state index contributed by atoms with van der Waals surface area (Å²) in [5.74, 6) is -7.35. The van der Waals surface area contributed by atoms with Gasteiger partial charge in [0, 0.05) is 29.4 Å². The molecule has 10 heteroatoms. The smallest absolute Gasteiger partial charge is 0.339 e. The first-order valence-electron chi connectivity index (χ1n) is 6.53. The first-order valence-corrected chi connectivity index (χ1v) is 6.53. The summed E-state index contributed by atoms with van der Waals surface area (Å²) in [5, 5.41) is 17.1. The molecule has 134 valence electrons. The number of hydrogen-bond donors (Lipinski definition) is 2. The summed E-state index contributed by atoms with van der Waals surface area (Å²) in [5.41, 5.74) is -0.672. The number of carboxylic acids is 2. The third-order valence-corrected chi connectivity index (χ3v) is 2.30. The van der Waals surface area contributed by atoms with Crippen molar-refractivity contribution >= 4 is 35.8 Å². The Balaban J connectivity index is 4.43. The van der Waals surface area contributed by atoms with E-state index in [2.05, 4.69) is 9.47 Å². The fourth-order valence-electron chi connectivity index (χ4n) is 1.07. The van der Waals surface area contributed by atoms with Crippen LogP contribution in [0.2, 0.25) is 0 Å². The zero-order chi connectivity index (χ0) is 19.6. The van der Waals surface area contributed by atoms with Crippen LogP contribution in [0.3, 0.4) is 0 Å². The van der Waals surface area contributed by atoms with Gasteiger partial charge in [0.15, 0.2) is 0 Å². The summed E-state index contributed by atoms with van der Waals surface area (Å²) in [6.07, 6.45) is 2.31. The second-order valence-corrected chi connectivity index (χ2v) is 4.40. The van der Waals surface area contributed by atoms with E-state index in [9.17, 15) is 28.8 Å². The summed E-state index contributed by atoms with van der Waals surface area (Å²) in [7, 11) is 0. The predicted molar refractivity (Wildman–Crippen MR) is 78.7 cm³/mol. The van der Waals surface area contributed by atoms with E-state index in [0.717, 1.165) is 19.9 Å². The van der Waals surface area contributed by atoms with Crippen molar-refractivity contribution in [1.29, 1.82) is 0 Å². The monoisotopic (exact) mass is 354 g/mol. The van der Waals surface area contributed by atoms with Gasteiger partial charge in [-0.3, -0.25) is 4.79 Å². The third kappa shape index (κ3) is 9.94. The predicted octanol–water partition coefficient (Wildman–Crippen LogP) is 0.134. The first kappa shape index (κ1) is 21.4. The van der Waals surface area contributed by atoms with E-state index in [0.29, 0.717) is 18.2 Å². The van der Waals surface area contributed by atoms with Crippen LogP contribution in [0.1, 0.15) is 20.3 Å². The molecule has 0 saturated carbocycles. The van der Waals surface area contributed by atoms with Gasteiger partial charge in [0.2, 0.25) is 0 Å². The molecule has 0 fully saturated rings. The van der Waals surface area contributed by atoms with E-state index in [1.54, 1.807) is 0 Å². The molecule has 0 unspecified atom stereocenters. The number of esters is 4. The Bertz CT molecular complexity index is 693. The van der Waals surface area contributed by atoms with Crippen LogP contribution in [-0.2, 0) is 38.2 Å². The van der Waals surface area contributed by atoms with Crippen LogP contribution in [0.15, 0.2) is 35.5 Å². The summed E-state index contributed by atoms with van der Waals surface area (Å²) < 4.78 is 8.47. The molecule has 0 saturated heterocycles. The zero-order valence-electron chi connectivity index (χ0n) is 13.2. The highest BCUT2D eigenvalue weighted by molar-refractivity contribution is 6.01.